The van der Waals surface area contributed by atoms with Crippen LogP contribution in [-0.2, 0) is 4.79 Å². The molecule has 1 aromatic carbocycles. The highest BCUT2D eigenvalue weighted by molar-refractivity contribution is 6.31. The number of hydrogen-bond donors (Lipinski definition) is 3. The van der Waals surface area contributed by atoms with Gasteiger partial charge in [0.1, 0.15) is 0 Å². The van der Waals surface area contributed by atoms with Gasteiger partial charge in [-0.25, -0.2) is 0 Å². The van der Waals surface area contributed by atoms with Gasteiger partial charge in [0.15, 0.2) is 0 Å². The second kappa shape index (κ2) is 10.2. The largest absolute Gasteiger partial charge is 0.369 e. The van der Waals surface area contributed by atoms with E-state index in [1.54, 1.807) is 6.07 Å². The molecule has 1 saturated heterocycles. The summed E-state index contributed by atoms with van der Waals surface area (Å²) in [4.78, 5) is 27.8. The van der Waals surface area contributed by atoms with Crippen LogP contribution in [0.4, 0.5) is 5.69 Å². The number of piperidine rings is 1. The fourth-order valence-electron chi connectivity index (χ4n) is 5.22. The van der Waals surface area contributed by atoms with Crippen LogP contribution in [-0.4, -0.2) is 43.0 Å². The van der Waals surface area contributed by atoms with E-state index >= 15 is 0 Å². The lowest BCUT2D eigenvalue weighted by atomic mass is 9.84. The molecular weight excluding hydrogens is 412 g/mol. The first-order valence-electron chi connectivity index (χ1n) is 11.6. The Labute approximate surface area is 191 Å². The first-order chi connectivity index (χ1) is 14.7. The van der Waals surface area contributed by atoms with Gasteiger partial charge in [0, 0.05) is 47.5 Å². The van der Waals surface area contributed by atoms with Crippen molar-refractivity contribution >= 4 is 29.1 Å². The lowest BCUT2D eigenvalue weighted by Crippen LogP contribution is -2.50. The van der Waals surface area contributed by atoms with Gasteiger partial charge in [-0.2, -0.15) is 0 Å². The van der Waals surface area contributed by atoms with Gasteiger partial charge < -0.3 is 21.3 Å². The predicted molar refractivity (Wildman–Crippen MR) is 127 cm³/mol. The van der Waals surface area contributed by atoms with Gasteiger partial charge in [-0.15, -0.1) is 0 Å². The van der Waals surface area contributed by atoms with Gasteiger partial charge in [0.2, 0.25) is 5.91 Å². The Morgan fingerprint density at radius 3 is 2.55 bits per heavy atom. The number of nitrogens with zero attached hydrogens (tertiary/aromatic N) is 1. The first kappa shape index (κ1) is 23.9. The summed E-state index contributed by atoms with van der Waals surface area (Å²) in [5.41, 5.74) is 8.61. The summed E-state index contributed by atoms with van der Waals surface area (Å²) >= 11 is 6.45. The summed E-state index contributed by atoms with van der Waals surface area (Å²) in [6.07, 6.45) is 5.07. The molecule has 3 unspecified atom stereocenters. The van der Waals surface area contributed by atoms with Crippen molar-refractivity contribution < 1.29 is 9.59 Å². The Kier molecular flexibility index (Phi) is 7.87. The Morgan fingerprint density at radius 1 is 1.26 bits per heavy atom. The molecule has 172 valence electrons. The van der Waals surface area contributed by atoms with E-state index in [0.29, 0.717) is 29.2 Å². The fraction of sp³-hybridized carbons (Fsp3) is 0.667. The van der Waals surface area contributed by atoms with Crippen molar-refractivity contribution in [1.82, 2.24) is 10.6 Å². The van der Waals surface area contributed by atoms with E-state index < -0.39 is 0 Å². The molecule has 1 heterocycles. The van der Waals surface area contributed by atoms with Crippen molar-refractivity contribution in [1.29, 1.82) is 0 Å². The number of halogens is 1. The van der Waals surface area contributed by atoms with Crippen molar-refractivity contribution in [2.75, 3.05) is 18.0 Å². The number of carbonyl (C=O) groups is 2. The van der Waals surface area contributed by atoms with Crippen LogP contribution < -0.4 is 21.3 Å². The van der Waals surface area contributed by atoms with Crippen molar-refractivity contribution in [3.63, 3.8) is 0 Å². The number of amides is 2. The summed E-state index contributed by atoms with van der Waals surface area (Å²) < 4.78 is 0. The average Bonchev–Trinajstić information content (AvgIpc) is 2.71. The Balaban J connectivity index is 1.76. The Morgan fingerprint density at radius 2 is 1.94 bits per heavy atom. The number of nitrogens with two attached hydrogens (primary N) is 1. The molecule has 4 N–H and O–H groups in total. The van der Waals surface area contributed by atoms with E-state index in [1.807, 2.05) is 19.9 Å². The molecule has 31 heavy (non-hydrogen) atoms. The molecule has 3 rings (SSSR count). The van der Waals surface area contributed by atoms with Crippen LogP contribution in [0.5, 0.6) is 0 Å². The normalized spacial score (nSPS) is 28.7. The second-order valence-corrected chi connectivity index (χ2v) is 9.83. The highest BCUT2D eigenvalue weighted by Gasteiger charge is 2.32. The molecule has 0 aromatic heterocycles. The number of anilines is 1. The van der Waals surface area contributed by atoms with Crippen LogP contribution in [0.1, 0.15) is 68.8 Å². The minimum atomic E-state index is -0.210. The molecule has 2 amide bonds. The summed E-state index contributed by atoms with van der Waals surface area (Å²) in [5, 5.41) is 6.53. The zero-order valence-corrected chi connectivity index (χ0v) is 20.0. The molecule has 1 aromatic rings. The molecule has 3 atom stereocenters. The van der Waals surface area contributed by atoms with Crippen LogP contribution in [0.25, 0.3) is 0 Å². The second-order valence-electron chi connectivity index (χ2n) is 9.39. The Bertz CT molecular complexity index is 807. The Hall–Kier alpha value is -1.79. The van der Waals surface area contributed by atoms with Crippen molar-refractivity contribution in [3.05, 3.63) is 28.3 Å². The predicted octanol–water partition coefficient (Wildman–Crippen LogP) is 3.64. The minimum Gasteiger partial charge on any atom is -0.369 e. The summed E-state index contributed by atoms with van der Waals surface area (Å²) in [7, 11) is 0. The number of nitrogens with one attached hydrogen (secondary N) is 2. The third kappa shape index (κ3) is 5.53. The van der Waals surface area contributed by atoms with E-state index in [1.165, 1.54) is 0 Å². The standard InChI is InChI=1S/C24H37ClN4O2/c1-5-29(19-8-6-18(26)7-9-19)22-12-17(25)11-20(16(22)4)23(30)27-13-21-14(2)10-15(3)28-24(21)31/h11-12,14-15,18-19,21H,5-10,13,26H2,1-4H3,(H,27,30)(H,28,31)/t14?,15?,18-,19-,21?. The molecular formula is C24H37ClN4O2. The van der Waals surface area contributed by atoms with E-state index in [4.69, 9.17) is 17.3 Å². The third-order valence-electron chi connectivity index (χ3n) is 7.04. The monoisotopic (exact) mass is 448 g/mol. The van der Waals surface area contributed by atoms with Gasteiger partial charge in [-0.1, -0.05) is 18.5 Å². The number of hydrogen-bond acceptors (Lipinski definition) is 4. The maximum absolute atomic E-state index is 13.1. The quantitative estimate of drug-likeness (QED) is 0.620. The maximum atomic E-state index is 13.1. The zero-order valence-electron chi connectivity index (χ0n) is 19.2. The lowest BCUT2D eigenvalue weighted by molar-refractivity contribution is -0.129. The van der Waals surface area contributed by atoms with E-state index in [2.05, 4.69) is 29.4 Å². The van der Waals surface area contributed by atoms with Gasteiger partial charge in [0.25, 0.3) is 5.91 Å². The van der Waals surface area contributed by atoms with E-state index in [9.17, 15) is 9.59 Å². The van der Waals surface area contributed by atoms with Crippen molar-refractivity contribution in [2.24, 2.45) is 17.6 Å². The fourth-order valence-corrected chi connectivity index (χ4v) is 5.43. The van der Waals surface area contributed by atoms with Crippen molar-refractivity contribution in [2.45, 2.75) is 77.9 Å². The minimum absolute atomic E-state index is 0.0164. The van der Waals surface area contributed by atoms with E-state index in [0.717, 1.165) is 49.9 Å². The highest BCUT2D eigenvalue weighted by Crippen LogP contribution is 2.33. The summed E-state index contributed by atoms with van der Waals surface area (Å²) in [6, 6.07) is 4.57. The van der Waals surface area contributed by atoms with Gasteiger partial charge in [-0.3, -0.25) is 9.59 Å². The third-order valence-corrected chi connectivity index (χ3v) is 7.26. The average molecular weight is 449 g/mol. The van der Waals surface area contributed by atoms with Crippen LogP contribution in [0, 0.1) is 18.8 Å². The molecule has 0 bridgehead atoms. The molecule has 2 fully saturated rings. The van der Waals surface area contributed by atoms with Gasteiger partial charge >= 0.3 is 0 Å². The molecule has 1 aliphatic carbocycles. The molecule has 2 aliphatic rings. The molecule has 6 nitrogen and oxygen atoms in total. The van der Waals surface area contributed by atoms with E-state index in [-0.39, 0.29) is 29.7 Å². The van der Waals surface area contributed by atoms with Gasteiger partial charge in [0.05, 0.1) is 5.92 Å². The topological polar surface area (TPSA) is 87.5 Å². The number of carbonyl (C=O) groups excluding carboxylic acids is 2. The number of rotatable bonds is 6. The van der Waals surface area contributed by atoms with Crippen LogP contribution in [0.15, 0.2) is 12.1 Å². The molecule has 0 radical (unpaired) electrons. The first-order valence-corrected chi connectivity index (χ1v) is 12.0. The maximum Gasteiger partial charge on any atom is 0.251 e. The van der Waals surface area contributed by atoms with Gasteiger partial charge in [-0.05, 0) is 76.5 Å². The van der Waals surface area contributed by atoms with Crippen LogP contribution >= 0.6 is 11.6 Å². The van der Waals surface area contributed by atoms with Crippen molar-refractivity contribution in [3.8, 4) is 0 Å². The molecule has 7 heteroatoms. The molecule has 1 saturated carbocycles. The van der Waals surface area contributed by atoms with Crippen LogP contribution in [0.2, 0.25) is 5.02 Å². The smallest absolute Gasteiger partial charge is 0.251 e. The highest BCUT2D eigenvalue weighted by atomic mass is 35.5. The SMILES string of the molecule is CCN(c1cc(Cl)cc(C(=O)NCC2C(=O)NC(C)CC2C)c1C)[C@H]1CC[C@H](N)CC1. The summed E-state index contributed by atoms with van der Waals surface area (Å²) in [5.74, 6) is -0.143. The lowest BCUT2D eigenvalue weighted by Gasteiger charge is -2.38. The van der Waals surface area contributed by atoms with Crippen LogP contribution in [0.3, 0.4) is 0 Å². The summed E-state index contributed by atoms with van der Waals surface area (Å²) in [6.45, 7) is 9.38. The number of benzene rings is 1. The zero-order chi connectivity index (χ0) is 22.7. The molecule has 1 aliphatic heterocycles. The molecule has 0 spiro atoms.